The Kier molecular flexibility index (Phi) is 6.52. The van der Waals surface area contributed by atoms with Crippen LogP contribution in [0.2, 0.25) is 0 Å². The van der Waals surface area contributed by atoms with Gasteiger partial charge in [-0.3, -0.25) is 4.79 Å². The molecule has 1 amide bonds. The second-order valence-corrected chi connectivity index (χ2v) is 6.28. The number of nitrogens with zero attached hydrogens (tertiary/aromatic N) is 1. The molecule has 1 rings (SSSR count). The van der Waals surface area contributed by atoms with Crippen LogP contribution in [0.15, 0.2) is 28.7 Å². The summed E-state index contributed by atoms with van der Waals surface area (Å²) < 4.78 is 1.03. The van der Waals surface area contributed by atoms with Gasteiger partial charge in [-0.05, 0) is 37.7 Å². The van der Waals surface area contributed by atoms with Crippen LogP contribution in [0.5, 0.6) is 0 Å². The summed E-state index contributed by atoms with van der Waals surface area (Å²) in [4.78, 5) is 14.4. The number of benzene rings is 1. The van der Waals surface area contributed by atoms with Gasteiger partial charge in [0.25, 0.3) is 0 Å². The van der Waals surface area contributed by atoms with Crippen molar-refractivity contribution in [2.45, 2.75) is 19.8 Å². The van der Waals surface area contributed by atoms with E-state index >= 15 is 0 Å². The minimum Gasteiger partial charge on any atom is -0.354 e. The van der Waals surface area contributed by atoms with Crippen molar-refractivity contribution in [2.75, 3.05) is 27.2 Å². The molecule has 0 spiro atoms. The lowest BCUT2D eigenvalue weighted by Gasteiger charge is -2.21. The van der Waals surface area contributed by atoms with E-state index in [1.807, 2.05) is 38.4 Å². The Bertz CT molecular complexity index is 401. The monoisotopic (exact) mass is 326 g/mol. The van der Waals surface area contributed by atoms with E-state index in [-0.39, 0.29) is 17.7 Å². The molecule has 106 valence electrons. The average molecular weight is 327 g/mol. The molecule has 1 aromatic rings. The first-order chi connectivity index (χ1) is 8.91. The summed E-state index contributed by atoms with van der Waals surface area (Å²) in [7, 11) is 4.00. The number of carbonyl (C=O) groups excluding carboxylic acids is 1. The minimum atomic E-state index is -0.0877. The van der Waals surface area contributed by atoms with Crippen LogP contribution in [-0.2, 0) is 4.79 Å². The number of rotatable bonds is 6. The Morgan fingerprint density at radius 2 is 1.84 bits per heavy atom. The van der Waals surface area contributed by atoms with Crippen LogP contribution in [0, 0.1) is 5.92 Å². The smallest absolute Gasteiger partial charge is 0.227 e. The number of nitrogens with one attached hydrogen (secondary N) is 1. The van der Waals surface area contributed by atoms with Crippen LogP contribution in [0.25, 0.3) is 0 Å². The third kappa shape index (κ3) is 5.33. The molecule has 0 saturated carbocycles. The second kappa shape index (κ2) is 7.65. The van der Waals surface area contributed by atoms with Crippen LogP contribution in [0.3, 0.4) is 0 Å². The molecular weight excluding hydrogens is 304 g/mol. The summed E-state index contributed by atoms with van der Waals surface area (Å²) in [5, 5.41) is 3.02. The van der Waals surface area contributed by atoms with E-state index in [0.29, 0.717) is 6.54 Å². The average Bonchev–Trinajstić information content (AvgIpc) is 2.31. The summed E-state index contributed by atoms with van der Waals surface area (Å²) >= 11 is 3.42. The molecule has 1 aromatic carbocycles. The lowest BCUT2D eigenvalue weighted by atomic mass is 9.87. The van der Waals surface area contributed by atoms with Crippen LogP contribution in [-0.4, -0.2) is 38.0 Å². The Morgan fingerprint density at radius 3 is 2.32 bits per heavy atom. The van der Waals surface area contributed by atoms with Gasteiger partial charge in [0.15, 0.2) is 0 Å². The first kappa shape index (κ1) is 16.2. The van der Waals surface area contributed by atoms with E-state index in [1.54, 1.807) is 0 Å². The largest absolute Gasteiger partial charge is 0.354 e. The fraction of sp³-hybridized carbons (Fsp3) is 0.533. The van der Waals surface area contributed by atoms with Gasteiger partial charge in [0.2, 0.25) is 5.91 Å². The first-order valence-corrected chi connectivity index (χ1v) is 7.39. The van der Waals surface area contributed by atoms with E-state index in [4.69, 9.17) is 0 Å². The van der Waals surface area contributed by atoms with Crippen LogP contribution < -0.4 is 5.32 Å². The highest BCUT2D eigenvalue weighted by molar-refractivity contribution is 9.10. The molecular formula is C15H23BrN2O. The van der Waals surface area contributed by atoms with Crippen molar-refractivity contribution in [3.8, 4) is 0 Å². The van der Waals surface area contributed by atoms with Crippen molar-refractivity contribution >= 4 is 21.8 Å². The van der Waals surface area contributed by atoms with E-state index in [0.717, 1.165) is 16.6 Å². The zero-order valence-corrected chi connectivity index (χ0v) is 13.7. The van der Waals surface area contributed by atoms with Crippen molar-refractivity contribution in [3.05, 3.63) is 34.3 Å². The zero-order chi connectivity index (χ0) is 14.4. The molecule has 0 aliphatic carbocycles. The van der Waals surface area contributed by atoms with Gasteiger partial charge in [-0.1, -0.05) is 41.9 Å². The molecule has 4 heteroatoms. The van der Waals surface area contributed by atoms with Gasteiger partial charge in [0.05, 0.1) is 5.92 Å². The lowest BCUT2D eigenvalue weighted by Crippen LogP contribution is -2.36. The molecule has 1 atom stereocenters. The highest BCUT2D eigenvalue weighted by Crippen LogP contribution is 2.25. The van der Waals surface area contributed by atoms with Crippen molar-refractivity contribution in [1.29, 1.82) is 0 Å². The molecule has 1 unspecified atom stereocenters. The van der Waals surface area contributed by atoms with Gasteiger partial charge < -0.3 is 10.2 Å². The molecule has 0 fully saturated rings. The Balaban J connectivity index is 2.72. The number of hydrogen-bond donors (Lipinski definition) is 1. The van der Waals surface area contributed by atoms with Gasteiger partial charge in [-0.25, -0.2) is 0 Å². The van der Waals surface area contributed by atoms with E-state index in [9.17, 15) is 4.79 Å². The molecule has 0 aliphatic rings. The topological polar surface area (TPSA) is 32.3 Å². The molecule has 0 saturated heterocycles. The third-order valence-electron chi connectivity index (χ3n) is 3.04. The maximum absolute atomic E-state index is 12.3. The normalized spacial score (nSPS) is 12.8. The van der Waals surface area contributed by atoms with Gasteiger partial charge in [-0.15, -0.1) is 0 Å². The molecule has 0 aliphatic heterocycles. The molecule has 0 bridgehead atoms. The van der Waals surface area contributed by atoms with Crippen LogP contribution in [0.4, 0.5) is 0 Å². The van der Waals surface area contributed by atoms with Crippen LogP contribution in [0.1, 0.15) is 25.3 Å². The highest BCUT2D eigenvalue weighted by atomic mass is 79.9. The Morgan fingerprint density at radius 1 is 1.26 bits per heavy atom. The summed E-state index contributed by atoms with van der Waals surface area (Å²) in [5.74, 6) is 0.301. The fourth-order valence-electron chi connectivity index (χ4n) is 2.02. The summed E-state index contributed by atoms with van der Waals surface area (Å²) in [6.07, 6.45) is 0. The van der Waals surface area contributed by atoms with Gasteiger partial charge in [0, 0.05) is 17.6 Å². The van der Waals surface area contributed by atoms with E-state index in [2.05, 4.69) is 40.0 Å². The summed E-state index contributed by atoms with van der Waals surface area (Å²) in [6, 6.07) is 8.00. The van der Waals surface area contributed by atoms with Gasteiger partial charge in [-0.2, -0.15) is 0 Å². The first-order valence-electron chi connectivity index (χ1n) is 6.59. The highest BCUT2D eigenvalue weighted by Gasteiger charge is 2.23. The van der Waals surface area contributed by atoms with Crippen LogP contribution >= 0.6 is 15.9 Å². The summed E-state index contributed by atoms with van der Waals surface area (Å²) in [6.45, 7) is 5.71. The second-order valence-electron chi connectivity index (χ2n) is 5.37. The van der Waals surface area contributed by atoms with Crippen molar-refractivity contribution in [2.24, 2.45) is 5.92 Å². The predicted molar refractivity (Wildman–Crippen MR) is 83.3 cm³/mol. The molecule has 0 radical (unpaired) electrons. The quantitative estimate of drug-likeness (QED) is 0.871. The molecule has 1 N–H and O–H groups in total. The number of carbonyl (C=O) groups is 1. The lowest BCUT2D eigenvalue weighted by molar-refractivity contribution is -0.123. The standard InChI is InChI=1S/C15H23BrN2O/c1-11(2)14(12-5-7-13(16)8-6-12)15(19)17-9-10-18(3)4/h5-8,11,14H,9-10H2,1-4H3,(H,17,19). The van der Waals surface area contributed by atoms with Crippen molar-refractivity contribution in [3.63, 3.8) is 0 Å². The Hall–Kier alpha value is -0.870. The fourth-order valence-corrected chi connectivity index (χ4v) is 2.29. The maximum Gasteiger partial charge on any atom is 0.227 e. The van der Waals surface area contributed by atoms with Gasteiger partial charge in [0.1, 0.15) is 0 Å². The molecule has 0 aromatic heterocycles. The molecule has 19 heavy (non-hydrogen) atoms. The minimum absolute atomic E-state index is 0.0877. The Labute approximate surface area is 124 Å². The maximum atomic E-state index is 12.3. The van der Waals surface area contributed by atoms with Gasteiger partial charge >= 0.3 is 0 Å². The molecule has 0 heterocycles. The predicted octanol–water partition coefficient (Wildman–Crippen LogP) is 2.87. The number of hydrogen-bond acceptors (Lipinski definition) is 2. The SMILES string of the molecule is CC(C)C(C(=O)NCCN(C)C)c1ccc(Br)cc1. The zero-order valence-electron chi connectivity index (χ0n) is 12.1. The number of amides is 1. The number of likely N-dealkylation sites (N-methyl/N-ethyl adjacent to an activating group) is 1. The number of halogens is 1. The van der Waals surface area contributed by atoms with Crippen molar-refractivity contribution in [1.82, 2.24) is 10.2 Å². The van der Waals surface area contributed by atoms with E-state index < -0.39 is 0 Å². The van der Waals surface area contributed by atoms with E-state index in [1.165, 1.54) is 0 Å². The molecule has 3 nitrogen and oxygen atoms in total. The summed E-state index contributed by atoms with van der Waals surface area (Å²) in [5.41, 5.74) is 1.07. The third-order valence-corrected chi connectivity index (χ3v) is 3.57. The van der Waals surface area contributed by atoms with Crippen molar-refractivity contribution < 1.29 is 4.79 Å².